The minimum absolute atomic E-state index is 0.0682. The molecule has 5 nitrogen and oxygen atoms in total. The number of urea groups is 1. The SMILES string of the molecule is CN(Cc1ccsc1)C(=O)NCc1ccc(N2CCCCC2)nc1. The number of aromatic nitrogens is 1. The third-order valence-corrected chi connectivity index (χ3v) is 5.01. The van der Waals surface area contributed by atoms with Crippen LogP contribution in [0.4, 0.5) is 10.6 Å². The van der Waals surface area contributed by atoms with Crippen molar-refractivity contribution in [3.63, 3.8) is 0 Å². The Hall–Kier alpha value is -2.08. The molecule has 2 aromatic heterocycles. The summed E-state index contributed by atoms with van der Waals surface area (Å²) in [5, 5.41) is 7.03. The summed E-state index contributed by atoms with van der Waals surface area (Å²) >= 11 is 1.65. The Morgan fingerprint density at radius 2 is 2.08 bits per heavy atom. The number of hydrogen-bond donors (Lipinski definition) is 1. The van der Waals surface area contributed by atoms with Crippen molar-refractivity contribution < 1.29 is 4.79 Å². The Morgan fingerprint density at radius 1 is 1.25 bits per heavy atom. The van der Waals surface area contributed by atoms with Crippen molar-refractivity contribution in [3.8, 4) is 0 Å². The molecule has 0 aliphatic carbocycles. The average Bonchev–Trinajstić information content (AvgIpc) is 3.14. The fourth-order valence-electron chi connectivity index (χ4n) is 2.87. The van der Waals surface area contributed by atoms with Gasteiger partial charge in [-0.1, -0.05) is 6.07 Å². The second-order valence-corrected chi connectivity index (χ2v) is 7.00. The molecule has 24 heavy (non-hydrogen) atoms. The van der Waals surface area contributed by atoms with E-state index in [1.807, 2.05) is 24.7 Å². The summed E-state index contributed by atoms with van der Waals surface area (Å²) in [7, 11) is 1.81. The van der Waals surface area contributed by atoms with Crippen LogP contribution in [0.3, 0.4) is 0 Å². The highest BCUT2D eigenvalue weighted by atomic mass is 32.1. The molecule has 0 saturated carbocycles. The lowest BCUT2D eigenvalue weighted by Crippen LogP contribution is -2.36. The maximum absolute atomic E-state index is 12.1. The zero-order valence-corrected chi connectivity index (χ0v) is 14.9. The number of hydrogen-bond acceptors (Lipinski definition) is 4. The number of thiophene rings is 1. The highest BCUT2D eigenvalue weighted by Gasteiger charge is 2.12. The van der Waals surface area contributed by atoms with Crippen molar-refractivity contribution in [1.29, 1.82) is 0 Å². The number of rotatable bonds is 5. The van der Waals surface area contributed by atoms with Gasteiger partial charge in [-0.15, -0.1) is 0 Å². The molecule has 0 bridgehead atoms. The van der Waals surface area contributed by atoms with Crippen molar-refractivity contribution in [3.05, 3.63) is 46.3 Å². The topological polar surface area (TPSA) is 48.5 Å². The van der Waals surface area contributed by atoms with E-state index in [1.165, 1.54) is 19.3 Å². The Balaban J connectivity index is 1.48. The van der Waals surface area contributed by atoms with Gasteiger partial charge in [-0.25, -0.2) is 9.78 Å². The van der Waals surface area contributed by atoms with Gasteiger partial charge < -0.3 is 15.1 Å². The lowest BCUT2D eigenvalue weighted by atomic mass is 10.1. The summed E-state index contributed by atoms with van der Waals surface area (Å²) < 4.78 is 0. The molecule has 0 aromatic carbocycles. The third-order valence-electron chi connectivity index (χ3n) is 4.28. The van der Waals surface area contributed by atoms with Gasteiger partial charge in [0.25, 0.3) is 0 Å². The first kappa shape index (κ1) is 16.8. The van der Waals surface area contributed by atoms with Gasteiger partial charge >= 0.3 is 6.03 Å². The molecule has 0 radical (unpaired) electrons. The van der Waals surface area contributed by atoms with Gasteiger partial charge in [0.05, 0.1) is 0 Å². The molecular weight excluding hydrogens is 320 g/mol. The van der Waals surface area contributed by atoms with E-state index in [0.29, 0.717) is 13.1 Å². The van der Waals surface area contributed by atoms with Crippen LogP contribution in [-0.2, 0) is 13.1 Å². The van der Waals surface area contributed by atoms with Crippen LogP contribution in [-0.4, -0.2) is 36.1 Å². The maximum atomic E-state index is 12.1. The maximum Gasteiger partial charge on any atom is 0.317 e. The summed E-state index contributed by atoms with van der Waals surface area (Å²) in [5.74, 6) is 1.04. The molecule has 2 aromatic rings. The number of pyridine rings is 1. The molecule has 1 saturated heterocycles. The molecule has 0 spiro atoms. The van der Waals surface area contributed by atoms with Gasteiger partial charge in [0.15, 0.2) is 0 Å². The summed E-state index contributed by atoms with van der Waals surface area (Å²) in [6, 6.07) is 6.08. The van der Waals surface area contributed by atoms with Gasteiger partial charge in [0, 0.05) is 39.4 Å². The van der Waals surface area contributed by atoms with E-state index in [0.717, 1.165) is 30.0 Å². The quantitative estimate of drug-likeness (QED) is 0.903. The molecule has 3 rings (SSSR count). The predicted molar refractivity (Wildman–Crippen MR) is 98.3 cm³/mol. The first-order valence-electron chi connectivity index (χ1n) is 8.42. The first-order valence-corrected chi connectivity index (χ1v) is 9.36. The lowest BCUT2D eigenvalue weighted by molar-refractivity contribution is 0.206. The van der Waals surface area contributed by atoms with Crippen LogP contribution in [0.25, 0.3) is 0 Å². The molecule has 0 atom stereocenters. The summed E-state index contributed by atoms with van der Waals surface area (Å²) in [4.78, 5) is 20.7. The lowest BCUT2D eigenvalue weighted by Gasteiger charge is -2.27. The van der Waals surface area contributed by atoms with E-state index in [4.69, 9.17) is 0 Å². The van der Waals surface area contributed by atoms with E-state index in [2.05, 4.69) is 32.7 Å². The number of anilines is 1. The Morgan fingerprint density at radius 3 is 2.75 bits per heavy atom. The second kappa shape index (κ2) is 8.15. The first-order chi connectivity index (χ1) is 11.7. The van der Waals surface area contributed by atoms with Gasteiger partial charge in [0.1, 0.15) is 5.82 Å². The number of carbonyl (C=O) groups excluding carboxylic acids is 1. The number of nitrogens with one attached hydrogen (secondary N) is 1. The summed E-state index contributed by atoms with van der Waals surface area (Å²) in [6.07, 6.45) is 5.68. The van der Waals surface area contributed by atoms with Crippen LogP contribution < -0.4 is 10.2 Å². The van der Waals surface area contributed by atoms with Crippen LogP contribution in [0.15, 0.2) is 35.2 Å². The normalized spacial score (nSPS) is 14.5. The Labute approximate surface area is 147 Å². The Kier molecular flexibility index (Phi) is 5.69. The fourth-order valence-corrected chi connectivity index (χ4v) is 3.53. The summed E-state index contributed by atoms with van der Waals surface area (Å²) in [5.41, 5.74) is 2.18. The minimum atomic E-state index is -0.0682. The van der Waals surface area contributed by atoms with Crippen LogP contribution in [0.5, 0.6) is 0 Å². The van der Waals surface area contributed by atoms with Gasteiger partial charge in [0.2, 0.25) is 0 Å². The molecule has 1 aliphatic rings. The largest absolute Gasteiger partial charge is 0.357 e. The van der Waals surface area contributed by atoms with Crippen LogP contribution in [0, 0.1) is 0 Å². The number of amides is 2. The van der Waals surface area contributed by atoms with Crippen molar-refractivity contribution in [1.82, 2.24) is 15.2 Å². The van der Waals surface area contributed by atoms with E-state index in [-0.39, 0.29) is 6.03 Å². The van der Waals surface area contributed by atoms with Crippen LogP contribution in [0.1, 0.15) is 30.4 Å². The monoisotopic (exact) mass is 344 g/mol. The average molecular weight is 344 g/mol. The zero-order chi connectivity index (χ0) is 16.8. The molecule has 1 fully saturated rings. The molecule has 0 unspecified atom stereocenters. The van der Waals surface area contributed by atoms with E-state index < -0.39 is 0 Å². The van der Waals surface area contributed by atoms with Crippen molar-refractivity contribution in [2.45, 2.75) is 32.4 Å². The van der Waals surface area contributed by atoms with Crippen molar-refractivity contribution in [2.75, 3.05) is 25.0 Å². The molecule has 2 amide bonds. The van der Waals surface area contributed by atoms with E-state index in [1.54, 1.807) is 16.2 Å². The molecule has 1 aliphatic heterocycles. The standard InChI is InChI=1S/C18H24N4OS/c1-21(13-16-7-10-24-14-16)18(23)20-12-15-5-6-17(19-11-15)22-8-3-2-4-9-22/h5-7,10-11,14H,2-4,8-9,12-13H2,1H3,(H,20,23). The third kappa shape index (κ3) is 4.47. The minimum Gasteiger partial charge on any atom is -0.357 e. The molecule has 6 heteroatoms. The highest BCUT2D eigenvalue weighted by Crippen LogP contribution is 2.17. The fraction of sp³-hybridized carbons (Fsp3) is 0.444. The summed E-state index contributed by atoms with van der Waals surface area (Å²) in [6.45, 7) is 3.31. The number of carbonyl (C=O) groups is 1. The van der Waals surface area contributed by atoms with Crippen molar-refractivity contribution >= 4 is 23.2 Å². The van der Waals surface area contributed by atoms with E-state index in [9.17, 15) is 4.79 Å². The van der Waals surface area contributed by atoms with Crippen LogP contribution >= 0.6 is 11.3 Å². The smallest absolute Gasteiger partial charge is 0.317 e. The highest BCUT2D eigenvalue weighted by molar-refractivity contribution is 7.07. The molecule has 3 heterocycles. The molecule has 1 N–H and O–H groups in total. The van der Waals surface area contributed by atoms with E-state index >= 15 is 0 Å². The second-order valence-electron chi connectivity index (χ2n) is 6.22. The Bertz CT molecular complexity index is 636. The van der Waals surface area contributed by atoms with Crippen molar-refractivity contribution in [2.24, 2.45) is 0 Å². The van der Waals surface area contributed by atoms with Crippen LogP contribution in [0.2, 0.25) is 0 Å². The molecular formula is C18H24N4OS. The van der Waals surface area contributed by atoms with Gasteiger partial charge in [-0.05, 0) is 53.3 Å². The molecule has 128 valence electrons. The zero-order valence-electron chi connectivity index (χ0n) is 14.1. The number of piperidine rings is 1. The van der Waals surface area contributed by atoms with Gasteiger partial charge in [-0.3, -0.25) is 0 Å². The number of nitrogens with zero attached hydrogens (tertiary/aromatic N) is 3. The van der Waals surface area contributed by atoms with Gasteiger partial charge in [-0.2, -0.15) is 11.3 Å². The predicted octanol–water partition coefficient (Wildman–Crippen LogP) is 3.48.